The highest BCUT2D eigenvalue weighted by Gasteiger charge is 2.09. The van der Waals surface area contributed by atoms with Crippen molar-refractivity contribution in [3.8, 4) is 0 Å². The number of rotatable bonds is 4. The molecule has 0 aliphatic carbocycles. The molecule has 0 bridgehead atoms. The van der Waals surface area contributed by atoms with Crippen LogP contribution in [0.2, 0.25) is 0 Å². The van der Waals surface area contributed by atoms with Crippen LogP contribution in [-0.4, -0.2) is 22.4 Å². The summed E-state index contributed by atoms with van der Waals surface area (Å²) in [5.74, 6) is -0.568. The van der Waals surface area contributed by atoms with Crippen molar-refractivity contribution >= 4 is 46.5 Å². The third-order valence-corrected chi connectivity index (χ3v) is 1.83. The number of oxime groups is 1. The minimum atomic E-state index is -0.869. The van der Waals surface area contributed by atoms with Gasteiger partial charge >= 0.3 is 5.97 Å². The Morgan fingerprint density at radius 1 is 1.50 bits per heavy atom. The van der Waals surface area contributed by atoms with Crippen LogP contribution < -0.4 is 0 Å². The number of halogens is 3. The standard InChI is InChI=1S/C8H10Cl3NO2/c1-5(2)3-7(13)14-12-6(4-9)8(10)11/h3,8H,4H2,1-2H3. The SMILES string of the molecule is CC(C)=CC(=O)ON=C(CCl)C(Cl)Cl. The Bertz CT molecular complexity index is 257. The molecule has 0 amide bonds. The Morgan fingerprint density at radius 2 is 2.07 bits per heavy atom. The molecule has 0 heterocycles. The van der Waals surface area contributed by atoms with Gasteiger partial charge in [-0.15, -0.1) is 11.6 Å². The highest BCUT2D eigenvalue weighted by Crippen LogP contribution is 2.06. The van der Waals surface area contributed by atoms with E-state index in [2.05, 4.69) is 9.99 Å². The first-order valence-electron chi connectivity index (χ1n) is 3.74. The van der Waals surface area contributed by atoms with Crippen molar-refractivity contribution in [2.24, 2.45) is 5.16 Å². The minimum Gasteiger partial charge on any atom is -0.313 e. The Morgan fingerprint density at radius 3 is 2.43 bits per heavy atom. The van der Waals surface area contributed by atoms with E-state index in [1.54, 1.807) is 13.8 Å². The van der Waals surface area contributed by atoms with Gasteiger partial charge < -0.3 is 4.84 Å². The summed E-state index contributed by atoms with van der Waals surface area (Å²) < 4.78 is 0. The molecule has 0 atom stereocenters. The molecular weight excluding hydrogens is 248 g/mol. The molecule has 0 unspecified atom stereocenters. The molecule has 0 saturated carbocycles. The molecule has 0 spiro atoms. The maximum absolute atomic E-state index is 11.0. The summed E-state index contributed by atoms with van der Waals surface area (Å²) >= 11 is 16.4. The molecule has 80 valence electrons. The predicted octanol–water partition coefficient (Wildman–Crippen LogP) is 2.89. The van der Waals surface area contributed by atoms with Gasteiger partial charge in [-0.1, -0.05) is 33.9 Å². The summed E-state index contributed by atoms with van der Waals surface area (Å²) in [6, 6.07) is 0. The van der Waals surface area contributed by atoms with Crippen molar-refractivity contribution < 1.29 is 9.63 Å². The van der Waals surface area contributed by atoms with Gasteiger partial charge in [-0.05, 0) is 13.8 Å². The number of alkyl halides is 3. The van der Waals surface area contributed by atoms with Crippen LogP contribution in [0.3, 0.4) is 0 Å². The summed E-state index contributed by atoms with van der Waals surface area (Å²) in [7, 11) is 0. The number of carbonyl (C=O) groups is 1. The number of nitrogens with zero attached hydrogens (tertiary/aromatic N) is 1. The first-order valence-corrected chi connectivity index (χ1v) is 5.15. The lowest BCUT2D eigenvalue weighted by Gasteiger charge is -2.00. The van der Waals surface area contributed by atoms with Gasteiger partial charge in [-0.2, -0.15) is 0 Å². The third kappa shape index (κ3) is 6.24. The fourth-order valence-corrected chi connectivity index (χ4v) is 1.08. The van der Waals surface area contributed by atoms with Crippen molar-refractivity contribution in [1.29, 1.82) is 0 Å². The predicted molar refractivity (Wildman–Crippen MR) is 59.2 cm³/mol. The normalized spacial score (nSPS) is 11.4. The number of carbonyl (C=O) groups excluding carboxylic acids is 1. The molecule has 6 heteroatoms. The van der Waals surface area contributed by atoms with E-state index < -0.39 is 10.8 Å². The summed E-state index contributed by atoms with van der Waals surface area (Å²) in [4.78, 5) is 14.6. The van der Waals surface area contributed by atoms with Crippen molar-refractivity contribution in [3.63, 3.8) is 0 Å². The van der Waals surface area contributed by atoms with Crippen molar-refractivity contribution in [2.75, 3.05) is 5.88 Å². The quantitative estimate of drug-likeness (QED) is 0.256. The second kappa shape index (κ2) is 7.10. The van der Waals surface area contributed by atoms with Gasteiger partial charge in [0.15, 0.2) is 0 Å². The molecule has 14 heavy (non-hydrogen) atoms. The highest BCUT2D eigenvalue weighted by atomic mass is 35.5. The van der Waals surface area contributed by atoms with Crippen molar-refractivity contribution in [1.82, 2.24) is 0 Å². The summed E-state index contributed by atoms with van der Waals surface area (Å²) in [5, 5.41) is 3.42. The Hall–Kier alpha value is -0.250. The van der Waals surface area contributed by atoms with Crippen LogP contribution in [-0.2, 0) is 9.63 Å². The van der Waals surface area contributed by atoms with E-state index in [1.807, 2.05) is 0 Å². The molecular formula is C8H10Cl3NO2. The summed E-state index contributed by atoms with van der Waals surface area (Å²) in [5.41, 5.74) is 1.01. The van der Waals surface area contributed by atoms with Gasteiger partial charge in [0, 0.05) is 6.08 Å². The van der Waals surface area contributed by atoms with Crippen molar-refractivity contribution in [3.05, 3.63) is 11.6 Å². The second-order valence-electron chi connectivity index (χ2n) is 2.65. The van der Waals surface area contributed by atoms with Gasteiger partial charge in [0.25, 0.3) is 0 Å². The van der Waals surface area contributed by atoms with Crippen LogP contribution in [0.1, 0.15) is 13.8 Å². The van der Waals surface area contributed by atoms with Crippen LogP contribution >= 0.6 is 34.8 Å². The van der Waals surface area contributed by atoms with E-state index in [-0.39, 0.29) is 11.6 Å². The molecule has 0 aromatic rings. The molecule has 3 nitrogen and oxygen atoms in total. The van der Waals surface area contributed by atoms with E-state index in [4.69, 9.17) is 34.8 Å². The Kier molecular flexibility index (Phi) is 6.97. The molecule has 0 aromatic heterocycles. The van der Waals surface area contributed by atoms with Gasteiger partial charge in [0.2, 0.25) is 0 Å². The Labute approximate surface area is 97.6 Å². The first kappa shape index (κ1) is 13.8. The van der Waals surface area contributed by atoms with E-state index in [1.165, 1.54) is 6.08 Å². The van der Waals surface area contributed by atoms with Crippen LogP contribution in [0, 0.1) is 0 Å². The lowest BCUT2D eigenvalue weighted by molar-refractivity contribution is -0.137. The minimum absolute atomic E-state index is 0.0137. The maximum atomic E-state index is 11.0. The zero-order valence-electron chi connectivity index (χ0n) is 7.76. The fraction of sp³-hybridized carbons (Fsp3) is 0.500. The van der Waals surface area contributed by atoms with Crippen LogP contribution in [0.5, 0.6) is 0 Å². The van der Waals surface area contributed by atoms with Crippen LogP contribution in [0.15, 0.2) is 16.8 Å². The monoisotopic (exact) mass is 257 g/mol. The van der Waals surface area contributed by atoms with Crippen molar-refractivity contribution in [2.45, 2.75) is 18.7 Å². The van der Waals surface area contributed by atoms with Crippen LogP contribution in [0.4, 0.5) is 0 Å². The van der Waals surface area contributed by atoms with Gasteiger partial charge in [-0.3, -0.25) is 0 Å². The van der Waals surface area contributed by atoms with E-state index in [9.17, 15) is 4.79 Å². The molecule has 0 fully saturated rings. The van der Waals surface area contributed by atoms with E-state index >= 15 is 0 Å². The fourth-order valence-electron chi connectivity index (χ4n) is 0.488. The zero-order chi connectivity index (χ0) is 11.1. The largest absolute Gasteiger partial charge is 0.358 e. The van der Waals surface area contributed by atoms with Crippen LogP contribution in [0.25, 0.3) is 0 Å². The van der Waals surface area contributed by atoms with Gasteiger partial charge in [-0.25, -0.2) is 4.79 Å². The number of allylic oxidation sites excluding steroid dienone is 1. The van der Waals surface area contributed by atoms with Gasteiger partial charge in [0.1, 0.15) is 10.5 Å². The second-order valence-corrected chi connectivity index (χ2v) is 4.01. The molecule has 0 aliphatic rings. The maximum Gasteiger partial charge on any atom is 0.358 e. The van der Waals surface area contributed by atoms with E-state index in [0.717, 1.165) is 5.57 Å². The average Bonchev–Trinajstić information content (AvgIpc) is 2.03. The lowest BCUT2D eigenvalue weighted by atomic mass is 10.3. The third-order valence-electron chi connectivity index (χ3n) is 1.05. The number of hydrogen-bond acceptors (Lipinski definition) is 3. The molecule has 0 rings (SSSR count). The Balaban J connectivity index is 4.26. The van der Waals surface area contributed by atoms with Gasteiger partial charge in [0.05, 0.1) is 5.88 Å². The molecule has 0 N–H and O–H groups in total. The lowest BCUT2D eigenvalue weighted by Crippen LogP contribution is -2.11. The molecule has 0 aliphatic heterocycles. The smallest absolute Gasteiger partial charge is 0.313 e. The molecule has 0 radical (unpaired) electrons. The first-order chi connectivity index (χ1) is 6.47. The highest BCUT2D eigenvalue weighted by molar-refractivity contribution is 6.56. The summed E-state index contributed by atoms with van der Waals surface area (Å²) in [6.07, 6.45) is 1.30. The number of hydrogen-bond donors (Lipinski definition) is 0. The molecule has 0 aromatic carbocycles. The topological polar surface area (TPSA) is 38.7 Å². The molecule has 0 saturated heterocycles. The average molecular weight is 259 g/mol. The van der Waals surface area contributed by atoms with E-state index in [0.29, 0.717) is 0 Å². The zero-order valence-corrected chi connectivity index (χ0v) is 10.0. The summed E-state index contributed by atoms with van der Waals surface area (Å²) in [6.45, 7) is 3.53.